The fourth-order valence-corrected chi connectivity index (χ4v) is 20.6. The third-order valence-electron chi connectivity index (χ3n) is 26.1. The Balaban J connectivity index is 0.000000120. The van der Waals surface area contributed by atoms with Crippen molar-refractivity contribution in [2.24, 2.45) is 30.6 Å². The first-order chi connectivity index (χ1) is 66.7. The van der Waals surface area contributed by atoms with E-state index in [0.717, 1.165) is 280 Å². The fraction of sp³-hybridized carbons (Fsp3) is 0.314. The van der Waals surface area contributed by atoms with E-state index in [1.165, 1.54) is 30.4 Å². The summed E-state index contributed by atoms with van der Waals surface area (Å²) in [5, 5.41) is 31.7. The second kappa shape index (κ2) is 45.9. The number of hydrogen-bond acceptors (Lipinski definition) is 21. The molecule has 0 unspecified atom stereocenters. The predicted molar refractivity (Wildman–Crippen MR) is 559 cm³/mol. The number of nitrogens with zero attached hydrogens (tertiary/aromatic N) is 12. The van der Waals surface area contributed by atoms with Gasteiger partial charge in [-0.05, 0) is 142 Å². The molecule has 714 valence electrons. The molecule has 6 amide bonds. The van der Waals surface area contributed by atoms with Crippen LogP contribution < -0.4 is 32.6 Å². The van der Waals surface area contributed by atoms with Crippen molar-refractivity contribution in [3.8, 4) is 0 Å². The number of piperidine rings is 1. The van der Waals surface area contributed by atoms with Gasteiger partial charge in [-0.1, -0.05) is 139 Å². The number of aromatic amines is 6. The molecule has 3 saturated heterocycles. The Morgan fingerprint density at radius 3 is 0.913 bits per heavy atom. The van der Waals surface area contributed by atoms with E-state index >= 15 is 0 Å². The smallest absolute Gasteiger partial charge is 0.272 e. The van der Waals surface area contributed by atoms with Crippen LogP contribution in [0.3, 0.4) is 0 Å². The minimum absolute atomic E-state index is 0. The molecule has 0 saturated carbocycles. The van der Waals surface area contributed by atoms with Crippen molar-refractivity contribution in [3.05, 3.63) is 285 Å². The minimum atomic E-state index is -0.192. The van der Waals surface area contributed by atoms with Crippen molar-refractivity contribution in [2.45, 2.75) is 67.9 Å². The molecule has 9 aliphatic heterocycles. The van der Waals surface area contributed by atoms with Gasteiger partial charge in [0.05, 0.1) is 74.3 Å². The number of likely N-dealkylation sites (tertiary alicyclic amines) is 1. The highest BCUT2D eigenvalue weighted by Gasteiger charge is 2.31. The quantitative estimate of drug-likeness (QED) is 0.0265. The molecule has 8 aromatic carbocycles. The molecular formula is C105H120N24O7S2. The summed E-state index contributed by atoms with van der Waals surface area (Å²) in [5.74, 6) is 2.76. The Labute approximate surface area is 810 Å². The van der Waals surface area contributed by atoms with Crippen molar-refractivity contribution < 1.29 is 33.5 Å². The molecule has 0 atom stereocenters. The molecule has 0 spiro atoms. The van der Waals surface area contributed by atoms with Crippen LogP contribution in [0.4, 0.5) is 0 Å². The molecule has 31 nitrogen and oxygen atoms in total. The molecule has 23 rings (SSSR count). The van der Waals surface area contributed by atoms with Gasteiger partial charge in [-0.3, -0.25) is 48.4 Å². The average Bonchev–Trinajstić information content (AvgIpc) is 1.64. The molecule has 9 aliphatic rings. The maximum Gasteiger partial charge on any atom is 0.272 e. The van der Waals surface area contributed by atoms with Gasteiger partial charge in [0.15, 0.2) is 0 Å². The van der Waals surface area contributed by atoms with Crippen molar-refractivity contribution in [3.63, 3.8) is 0 Å². The Bertz CT molecular complexity index is 6910. The number of rotatable bonds is 23. The second-order valence-corrected chi connectivity index (χ2v) is 36.7. The Morgan fingerprint density at radius 2 is 0.587 bits per heavy atom. The van der Waals surface area contributed by atoms with E-state index in [0.29, 0.717) is 40.0 Å². The van der Waals surface area contributed by atoms with Gasteiger partial charge in [-0.15, -0.1) is 0 Å². The number of piperazine rings is 2. The number of thioether (sulfide) groups is 2. The van der Waals surface area contributed by atoms with Gasteiger partial charge < -0.3 is 44.4 Å². The zero-order chi connectivity index (χ0) is 93.4. The van der Waals surface area contributed by atoms with Crippen LogP contribution in [0.5, 0.6) is 0 Å². The zero-order valence-electron chi connectivity index (χ0n) is 76.8. The van der Waals surface area contributed by atoms with E-state index in [-0.39, 0.29) is 50.3 Å². The number of hydrogen-bond donors (Lipinski definition) is 12. The summed E-state index contributed by atoms with van der Waals surface area (Å²) < 4.78 is 5.09. The van der Waals surface area contributed by atoms with Gasteiger partial charge in [-0.2, -0.15) is 54.1 Å². The Hall–Kier alpha value is -13.7. The monoisotopic (exact) mass is 1890 g/mol. The van der Waals surface area contributed by atoms with Crippen LogP contribution in [-0.2, 0) is 17.7 Å². The molecule has 14 aromatic rings. The number of nitrogens with one attached hydrogen (secondary N) is 12. The normalized spacial score (nSPS) is 16.3. The molecular weight excluding hydrogens is 1770 g/mol. The van der Waals surface area contributed by atoms with Crippen molar-refractivity contribution in [2.75, 3.05) is 148 Å². The number of methoxy groups -OCH3 is 1. The first-order valence-electron chi connectivity index (χ1n) is 46.7. The molecule has 0 radical (unpaired) electrons. The number of H-pyrrole nitrogens is 6. The van der Waals surface area contributed by atoms with Crippen LogP contribution in [0.15, 0.2) is 238 Å². The molecule has 33 heteroatoms. The summed E-state index contributed by atoms with van der Waals surface area (Å²) in [5.41, 5.74) is 40.0. The number of hydrazone groups is 6. The molecule has 3 fully saturated rings. The van der Waals surface area contributed by atoms with Gasteiger partial charge in [0.1, 0.15) is 0 Å². The van der Waals surface area contributed by atoms with E-state index in [1.807, 2.05) is 170 Å². The first kappa shape index (κ1) is 97.3. The highest BCUT2D eigenvalue weighted by atomic mass is 32.2. The van der Waals surface area contributed by atoms with Crippen LogP contribution in [0.25, 0.3) is 65.4 Å². The van der Waals surface area contributed by atoms with E-state index < -0.39 is 0 Å². The SMILES string of the molecule is C.C.CCN(CC)CCSCC1=NNC(=O)c2cccc3[nH]cc1c23.CCN1CCN(CC2=NNC(=O)c3cccc4[nH]cc2c34)CC1.COCC1=NNC(=O)c2cccc3[nH]cc1c23.O=C1NN=C(CN2CCCCC2)c2c[nH]c3cccc1c23.O=C1NN=C(CN2CCN(Cc3ccccc3)CC2)c2c[nH]c3cccc1c23.O=C1NN=C(CSCCc2ccccc2)c2c[nH]c3cccc1c23. The highest BCUT2D eigenvalue weighted by Crippen LogP contribution is 2.34. The number of amides is 6. The lowest BCUT2D eigenvalue weighted by Gasteiger charge is -2.34. The molecule has 15 heterocycles. The number of benzene rings is 8. The lowest BCUT2D eigenvalue weighted by Crippen LogP contribution is -2.47. The van der Waals surface area contributed by atoms with E-state index in [9.17, 15) is 28.8 Å². The van der Waals surface area contributed by atoms with Crippen LogP contribution in [0, 0.1) is 0 Å². The van der Waals surface area contributed by atoms with Crippen molar-refractivity contribution in [1.82, 2.24) is 91.9 Å². The number of aromatic nitrogens is 6. The molecule has 138 heavy (non-hydrogen) atoms. The van der Waals surface area contributed by atoms with E-state index in [4.69, 9.17) is 4.74 Å². The van der Waals surface area contributed by atoms with Gasteiger partial charge in [-0.25, -0.2) is 32.6 Å². The number of ether oxygens (including phenoxy) is 1. The zero-order valence-corrected chi connectivity index (χ0v) is 78.4. The van der Waals surface area contributed by atoms with Gasteiger partial charge in [0.25, 0.3) is 35.4 Å². The summed E-state index contributed by atoms with van der Waals surface area (Å²) in [4.78, 5) is 107. The fourth-order valence-electron chi connectivity index (χ4n) is 18.7. The van der Waals surface area contributed by atoms with E-state index in [1.54, 1.807) is 13.2 Å². The highest BCUT2D eigenvalue weighted by molar-refractivity contribution is 8.00. The van der Waals surface area contributed by atoms with Gasteiger partial charge in [0.2, 0.25) is 0 Å². The number of carbonyl (C=O) groups is 6. The number of carbonyl (C=O) groups excluding carboxylic acids is 6. The lowest BCUT2D eigenvalue weighted by atomic mass is 10.0. The molecule has 0 aliphatic carbocycles. The average molecular weight is 1890 g/mol. The van der Waals surface area contributed by atoms with Crippen LogP contribution >= 0.6 is 23.5 Å². The predicted octanol–water partition coefficient (Wildman–Crippen LogP) is 14.6. The Morgan fingerprint density at radius 1 is 0.304 bits per heavy atom. The largest absolute Gasteiger partial charge is 0.378 e. The third-order valence-corrected chi connectivity index (χ3v) is 28.0. The van der Waals surface area contributed by atoms with Crippen molar-refractivity contribution >= 4 is 159 Å². The molecule has 6 aromatic heterocycles. The molecule has 12 N–H and O–H groups in total. The summed E-state index contributed by atoms with van der Waals surface area (Å²) in [6.45, 7) is 25.1. The van der Waals surface area contributed by atoms with Crippen LogP contribution in [0.2, 0.25) is 0 Å². The summed E-state index contributed by atoms with van der Waals surface area (Å²) in [7, 11) is 1.60. The van der Waals surface area contributed by atoms with Gasteiger partial charge >= 0.3 is 0 Å². The summed E-state index contributed by atoms with van der Waals surface area (Å²) in [6, 6.07) is 55.4. The second-order valence-electron chi connectivity index (χ2n) is 34.5. The topological polar surface area (TPSA) is 372 Å². The molecule has 0 bridgehead atoms. The summed E-state index contributed by atoms with van der Waals surface area (Å²) in [6.07, 6.45) is 16.5. The minimum Gasteiger partial charge on any atom is -0.378 e. The summed E-state index contributed by atoms with van der Waals surface area (Å²) >= 11 is 3.69. The van der Waals surface area contributed by atoms with Gasteiger partial charge in [0, 0.05) is 245 Å². The maximum atomic E-state index is 12.4. The van der Waals surface area contributed by atoms with Crippen LogP contribution in [0.1, 0.15) is 162 Å². The first-order valence-corrected chi connectivity index (χ1v) is 49.0. The van der Waals surface area contributed by atoms with Crippen LogP contribution in [-0.4, -0.2) is 277 Å². The Kier molecular flexibility index (Phi) is 32.4. The number of likely N-dealkylation sites (N-methyl/N-ethyl adjacent to an activating group) is 1. The number of aryl methyl sites for hydroxylation is 1. The standard InChI is InChI=1S/C22H23N5O.C19H17N3OS.C17H21N5O.C17H22N4OS.C16H18N4O.C12H11N3O2.2CH4/c28-22-17-7-4-8-19-21(17)18(13-23-19)20(24-25-22)15-27-11-9-26(10-12-27)14-16-5-2-1-3-6-16;23-19-14-7-4-8-16-18(14)15(11-20-16)17(21-22-19)12-24-10-9-13-5-2-1-3-6-13;1-2-21-6-8-22(9-7-21)11-15-13-10-18-14-5-3-4-12(16(13)14)17(23)20-19-15;1-3-21(4-2)8-9-23-11-15-13-10-18-14-7-5-6-12(16(13)14)17(22)20-19-15;21-16-11-5-4-6-13-15(11)12(9-17-13)14(18-19-16)10-20-7-2-1-3-8-20;1-17-6-10-8-5-13-9-4-2-3-7(11(8)9)12(16)15-14-10;;/h1-8,13,23H,9-12,14-15H2,(H,25,28);1-8,11,20H,9-10,12H2,(H,22,23);3-5,10,18H,2,6-9,11H2,1H3,(H,20,23);5-7,10,18H,3-4,8-9,11H2,1-2H3,(H,20,22);4-6,9,17H,1-3,7-8,10H2,(H,19,21);2-5,13H,6H2,1H3,(H,15,16);2*1H4. The third kappa shape index (κ3) is 22.1. The maximum absolute atomic E-state index is 12.4. The van der Waals surface area contributed by atoms with Crippen molar-refractivity contribution in [1.29, 1.82) is 0 Å². The van der Waals surface area contributed by atoms with E-state index in [2.05, 4.69) is 198 Å². The lowest BCUT2D eigenvalue weighted by molar-refractivity contribution is 0.0948.